The minimum absolute atomic E-state index is 0.579. The zero-order valence-corrected chi connectivity index (χ0v) is 12.0. The number of hydrogen-bond donors (Lipinski definition) is 1. The monoisotopic (exact) mass is 261 g/mol. The Hall–Kier alpha value is -1.26. The Kier molecular flexibility index (Phi) is 4.09. The van der Waals surface area contributed by atoms with Crippen LogP contribution in [0, 0.1) is 13.8 Å². The van der Waals surface area contributed by atoms with E-state index < -0.39 is 0 Å². The Bertz CT molecular complexity index is 526. The second-order valence-electron chi connectivity index (χ2n) is 4.48. The summed E-state index contributed by atoms with van der Waals surface area (Å²) in [5, 5.41) is 1.06. The highest BCUT2D eigenvalue weighted by molar-refractivity contribution is 7.15. The molecule has 18 heavy (non-hydrogen) atoms. The van der Waals surface area contributed by atoms with Crippen LogP contribution in [0.2, 0.25) is 0 Å². The molecule has 0 fully saturated rings. The van der Waals surface area contributed by atoms with E-state index >= 15 is 0 Å². The molecule has 2 aromatic rings. The third-order valence-corrected chi connectivity index (χ3v) is 3.95. The smallest absolute Gasteiger partial charge is 0.124 e. The van der Waals surface area contributed by atoms with Gasteiger partial charge < -0.3 is 5.73 Å². The van der Waals surface area contributed by atoms with Crippen molar-refractivity contribution in [1.29, 1.82) is 0 Å². The van der Waals surface area contributed by atoms with Gasteiger partial charge in [0, 0.05) is 28.4 Å². The van der Waals surface area contributed by atoms with E-state index in [4.69, 9.17) is 10.7 Å². The average molecular weight is 261 g/mol. The first-order valence-corrected chi connectivity index (χ1v) is 7.10. The molecule has 0 amide bonds. The molecule has 0 saturated carbocycles. The molecule has 2 rings (SSSR count). The molecule has 0 atom stereocenters. The van der Waals surface area contributed by atoms with Gasteiger partial charge in [-0.2, -0.15) is 0 Å². The molecule has 0 aromatic carbocycles. The number of aromatic nitrogens is 2. The van der Waals surface area contributed by atoms with Gasteiger partial charge in [0.15, 0.2) is 0 Å². The second-order valence-corrected chi connectivity index (χ2v) is 5.57. The van der Waals surface area contributed by atoms with Crippen LogP contribution >= 0.6 is 11.3 Å². The van der Waals surface area contributed by atoms with Crippen molar-refractivity contribution in [1.82, 2.24) is 9.97 Å². The molecular weight excluding hydrogens is 242 g/mol. The van der Waals surface area contributed by atoms with Gasteiger partial charge in [0.05, 0.1) is 5.69 Å². The predicted octanol–water partition coefficient (Wildman–Crippen LogP) is 3.23. The third kappa shape index (κ3) is 2.76. The molecule has 3 nitrogen and oxygen atoms in total. The van der Waals surface area contributed by atoms with Crippen LogP contribution < -0.4 is 5.73 Å². The number of rotatable bonds is 4. The van der Waals surface area contributed by atoms with Gasteiger partial charge in [0.25, 0.3) is 0 Å². The molecule has 2 aromatic heterocycles. The van der Waals surface area contributed by atoms with E-state index in [1.165, 1.54) is 4.88 Å². The Morgan fingerprint density at radius 1 is 1.17 bits per heavy atom. The van der Waals surface area contributed by atoms with Crippen molar-refractivity contribution in [2.75, 3.05) is 0 Å². The fraction of sp³-hybridized carbons (Fsp3) is 0.429. The van der Waals surface area contributed by atoms with Crippen molar-refractivity contribution >= 4 is 11.3 Å². The summed E-state index contributed by atoms with van der Waals surface area (Å²) >= 11 is 1.71. The fourth-order valence-corrected chi connectivity index (χ4v) is 3.03. The molecule has 0 aliphatic rings. The summed E-state index contributed by atoms with van der Waals surface area (Å²) in [6, 6.07) is 4.17. The van der Waals surface area contributed by atoms with Gasteiger partial charge >= 0.3 is 0 Å². The van der Waals surface area contributed by atoms with Crippen molar-refractivity contribution in [2.24, 2.45) is 5.73 Å². The largest absolute Gasteiger partial charge is 0.326 e. The molecule has 0 bridgehead atoms. The zero-order valence-electron chi connectivity index (χ0n) is 11.2. The first-order valence-electron chi connectivity index (χ1n) is 6.28. The Balaban J connectivity index is 2.43. The number of aryl methyl sites for hydroxylation is 3. The zero-order chi connectivity index (χ0) is 13.1. The van der Waals surface area contributed by atoms with Crippen LogP contribution in [0.5, 0.6) is 0 Å². The van der Waals surface area contributed by atoms with Crippen LogP contribution in [0.25, 0.3) is 10.6 Å². The van der Waals surface area contributed by atoms with Crippen molar-refractivity contribution in [3.8, 4) is 10.6 Å². The quantitative estimate of drug-likeness (QED) is 0.919. The van der Waals surface area contributed by atoms with Crippen LogP contribution in [0.4, 0.5) is 0 Å². The minimum Gasteiger partial charge on any atom is -0.326 e. The highest BCUT2D eigenvalue weighted by atomic mass is 32.1. The van der Waals surface area contributed by atoms with Gasteiger partial charge in [-0.05, 0) is 32.4 Å². The third-order valence-electron chi connectivity index (χ3n) is 2.78. The van der Waals surface area contributed by atoms with E-state index in [0.29, 0.717) is 6.54 Å². The molecule has 0 aliphatic carbocycles. The summed E-state index contributed by atoms with van der Waals surface area (Å²) in [4.78, 5) is 10.3. The Morgan fingerprint density at radius 3 is 2.39 bits per heavy atom. The lowest BCUT2D eigenvalue weighted by Gasteiger charge is -2.00. The topological polar surface area (TPSA) is 51.8 Å². The molecule has 0 aliphatic heterocycles. The van der Waals surface area contributed by atoms with Gasteiger partial charge in [0.1, 0.15) is 5.01 Å². The number of thiazole rings is 1. The first-order chi connectivity index (χ1) is 8.63. The van der Waals surface area contributed by atoms with E-state index in [0.717, 1.165) is 40.5 Å². The molecule has 96 valence electrons. The van der Waals surface area contributed by atoms with Gasteiger partial charge in [-0.15, -0.1) is 11.3 Å². The van der Waals surface area contributed by atoms with Crippen LogP contribution in [-0.2, 0) is 13.0 Å². The van der Waals surface area contributed by atoms with E-state index in [2.05, 4.69) is 24.0 Å². The first kappa shape index (κ1) is 13.2. The van der Waals surface area contributed by atoms with Crippen LogP contribution in [0.1, 0.15) is 35.3 Å². The van der Waals surface area contributed by atoms with Crippen LogP contribution in [0.3, 0.4) is 0 Å². The number of nitrogens with zero attached hydrogens (tertiary/aromatic N) is 2. The molecule has 0 saturated heterocycles. The summed E-state index contributed by atoms with van der Waals surface area (Å²) in [5.74, 6) is 0. The highest BCUT2D eigenvalue weighted by Gasteiger charge is 2.11. The maximum atomic E-state index is 5.79. The summed E-state index contributed by atoms with van der Waals surface area (Å²) in [6.45, 7) is 6.78. The van der Waals surface area contributed by atoms with Crippen molar-refractivity contribution in [3.05, 3.63) is 34.1 Å². The van der Waals surface area contributed by atoms with Gasteiger partial charge in [-0.1, -0.05) is 13.3 Å². The molecule has 0 radical (unpaired) electrons. The van der Waals surface area contributed by atoms with Crippen molar-refractivity contribution in [3.63, 3.8) is 0 Å². The summed E-state index contributed by atoms with van der Waals surface area (Å²) in [5.41, 5.74) is 10.2. The van der Waals surface area contributed by atoms with E-state index in [-0.39, 0.29) is 0 Å². The minimum atomic E-state index is 0.579. The number of nitrogens with two attached hydrogens (primary N) is 1. The maximum absolute atomic E-state index is 5.79. The Labute approximate surface area is 112 Å². The molecule has 0 spiro atoms. The lowest BCUT2D eigenvalue weighted by atomic mass is 10.2. The average Bonchev–Trinajstić information content (AvgIpc) is 2.71. The molecule has 2 N–H and O–H groups in total. The maximum Gasteiger partial charge on any atom is 0.124 e. The Morgan fingerprint density at radius 2 is 1.83 bits per heavy atom. The molecule has 4 heteroatoms. The van der Waals surface area contributed by atoms with E-state index in [9.17, 15) is 0 Å². The van der Waals surface area contributed by atoms with Crippen molar-refractivity contribution in [2.45, 2.75) is 40.2 Å². The van der Waals surface area contributed by atoms with Crippen LogP contribution in [-0.4, -0.2) is 9.97 Å². The number of hydrogen-bond acceptors (Lipinski definition) is 4. The summed E-state index contributed by atoms with van der Waals surface area (Å²) < 4.78 is 0. The lowest BCUT2D eigenvalue weighted by molar-refractivity contribution is 0.871. The molecular formula is C14H19N3S. The number of pyridine rings is 1. The molecule has 0 unspecified atom stereocenters. The summed E-state index contributed by atoms with van der Waals surface area (Å²) in [7, 11) is 0. The SMILES string of the molecule is CCCc1nc(-c2cc(C)nc(C)c2)sc1CN. The standard InChI is InChI=1S/C14H19N3S/c1-4-5-12-13(8-15)18-14(17-12)11-6-9(2)16-10(3)7-11/h6-7H,4-5,8,15H2,1-3H3. The second kappa shape index (κ2) is 5.59. The van der Waals surface area contributed by atoms with Gasteiger partial charge in [0.2, 0.25) is 0 Å². The highest BCUT2D eigenvalue weighted by Crippen LogP contribution is 2.29. The fourth-order valence-electron chi connectivity index (χ4n) is 2.06. The predicted molar refractivity (Wildman–Crippen MR) is 76.7 cm³/mol. The van der Waals surface area contributed by atoms with Crippen molar-refractivity contribution < 1.29 is 0 Å². The molecule has 2 heterocycles. The van der Waals surface area contributed by atoms with Crippen LogP contribution in [0.15, 0.2) is 12.1 Å². The van der Waals surface area contributed by atoms with E-state index in [1.54, 1.807) is 11.3 Å². The summed E-state index contributed by atoms with van der Waals surface area (Å²) in [6.07, 6.45) is 2.11. The van der Waals surface area contributed by atoms with Gasteiger partial charge in [-0.25, -0.2) is 4.98 Å². The van der Waals surface area contributed by atoms with E-state index in [1.807, 2.05) is 13.8 Å². The normalized spacial score (nSPS) is 10.9. The lowest BCUT2D eigenvalue weighted by Crippen LogP contribution is -1.97. The van der Waals surface area contributed by atoms with Gasteiger partial charge in [-0.3, -0.25) is 4.98 Å².